The van der Waals surface area contributed by atoms with E-state index in [9.17, 15) is 4.79 Å². The third-order valence-corrected chi connectivity index (χ3v) is 7.47. The molecule has 2 aliphatic rings. The van der Waals surface area contributed by atoms with Crippen LogP contribution in [0.3, 0.4) is 0 Å². The molecule has 2 heterocycles. The number of nitrogens with one attached hydrogen (secondary N) is 2. The first-order chi connectivity index (χ1) is 17.0. The number of nitrogens with zero attached hydrogens (tertiary/aromatic N) is 2. The average Bonchev–Trinajstić information content (AvgIpc) is 3.49. The van der Waals surface area contributed by atoms with Crippen molar-refractivity contribution in [3.05, 3.63) is 65.4 Å². The number of likely N-dealkylation sites (tertiary alicyclic amines) is 1. The van der Waals surface area contributed by atoms with Crippen molar-refractivity contribution in [1.29, 1.82) is 0 Å². The Kier molecular flexibility index (Phi) is 7.40. The number of hydrogen-bond donors (Lipinski definition) is 2. The molecule has 1 saturated heterocycles. The zero-order valence-corrected chi connectivity index (χ0v) is 21.1. The molecule has 2 atom stereocenters. The Morgan fingerprint density at radius 3 is 2.89 bits per heavy atom. The van der Waals surface area contributed by atoms with Crippen molar-refractivity contribution in [2.24, 2.45) is 11.8 Å². The molecule has 6 heteroatoms. The molecule has 35 heavy (non-hydrogen) atoms. The fraction of sp³-hybridized carbons (Fsp3) is 0.483. The van der Waals surface area contributed by atoms with Gasteiger partial charge in [0.05, 0.1) is 12.5 Å². The summed E-state index contributed by atoms with van der Waals surface area (Å²) < 4.78 is 6.29. The van der Waals surface area contributed by atoms with Crippen molar-refractivity contribution in [3.63, 3.8) is 0 Å². The summed E-state index contributed by atoms with van der Waals surface area (Å²) in [5.74, 6) is 1.42. The Labute approximate surface area is 208 Å². The Morgan fingerprint density at radius 2 is 2.00 bits per heavy atom. The fourth-order valence-electron chi connectivity index (χ4n) is 5.65. The zero-order chi connectivity index (χ0) is 24.2. The predicted molar refractivity (Wildman–Crippen MR) is 141 cm³/mol. The van der Waals surface area contributed by atoms with Crippen LogP contribution in [0.2, 0.25) is 0 Å². The molecule has 2 aromatic carbocycles. The molecule has 2 N–H and O–H groups in total. The molecule has 1 aliphatic heterocycles. The van der Waals surface area contributed by atoms with Crippen molar-refractivity contribution in [1.82, 2.24) is 20.1 Å². The van der Waals surface area contributed by atoms with Gasteiger partial charge in [-0.05, 0) is 74.7 Å². The van der Waals surface area contributed by atoms with E-state index in [-0.39, 0.29) is 11.8 Å². The van der Waals surface area contributed by atoms with Gasteiger partial charge < -0.3 is 19.9 Å². The Balaban J connectivity index is 1.26. The van der Waals surface area contributed by atoms with Crippen LogP contribution >= 0.6 is 0 Å². The van der Waals surface area contributed by atoms with Crippen LogP contribution in [0, 0.1) is 11.8 Å². The van der Waals surface area contributed by atoms with Crippen LogP contribution in [0.5, 0.6) is 5.75 Å². The second-order valence-corrected chi connectivity index (χ2v) is 10.5. The number of carbonyl (C=O) groups is 1. The quantitative estimate of drug-likeness (QED) is 0.495. The maximum absolute atomic E-state index is 13.1. The lowest BCUT2D eigenvalue weighted by Crippen LogP contribution is -2.48. The molecule has 1 amide bonds. The zero-order valence-electron chi connectivity index (χ0n) is 21.1. The first-order valence-corrected chi connectivity index (χ1v) is 13.0. The second kappa shape index (κ2) is 10.8. The van der Waals surface area contributed by atoms with Crippen molar-refractivity contribution in [2.45, 2.75) is 32.2 Å². The standard InChI is InChI=1S/C29H38N4O2/c1-32(2)13-12-30-29(34)24-14-21(20-35-26-11-10-22-6-5-7-23(22)15-26)17-33(18-24)19-25-16-31-28-9-4-3-8-27(25)28/h3-4,8-11,15-16,21,24,31H,5-7,12-14,17-20H2,1-2H3,(H,30,34)/t21-,24+/m0/s1. The number of aromatic amines is 1. The van der Waals surface area contributed by atoms with E-state index in [1.807, 2.05) is 14.1 Å². The number of benzene rings is 2. The van der Waals surface area contributed by atoms with Crippen LogP contribution in [0.4, 0.5) is 0 Å². The monoisotopic (exact) mass is 474 g/mol. The number of fused-ring (bicyclic) bond motifs is 2. The molecule has 186 valence electrons. The Bertz CT molecular complexity index is 1150. The maximum Gasteiger partial charge on any atom is 0.224 e. The maximum atomic E-state index is 13.1. The van der Waals surface area contributed by atoms with Gasteiger partial charge in [0.1, 0.15) is 5.75 Å². The average molecular weight is 475 g/mol. The summed E-state index contributed by atoms with van der Waals surface area (Å²) in [6.45, 7) is 4.73. The largest absolute Gasteiger partial charge is 0.493 e. The van der Waals surface area contributed by atoms with Gasteiger partial charge in [-0.1, -0.05) is 24.3 Å². The highest BCUT2D eigenvalue weighted by atomic mass is 16.5. The molecule has 0 bridgehead atoms. The molecular formula is C29H38N4O2. The number of carbonyl (C=O) groups excluding carboxylic acids is 1. The van der Waals surface area contributed by atoms with Gasteiger partial charge in [-0.15, -0.1) is 0 Å². The van der Waals surface area contributed by atoms with Gasteiger partial charge in [0.2, 0.25) is 5.91 Å². The molecule has 0 radical (unpaired) electrons. The van der Waals surface area contributed by atoms with Crippen LogP contribution in [0.25, 0.3) is 10.9 Å². The van der Waals surface area contributed by atoms with E-state index in [0.717, 1.165) is 50.3 Å². The van der Waals surface area contributed by atoms with Crippen molar-refractivity contribution >= 4 is 16.8 Å². The fourth-order valence-corrected chi connectivity index (χ4v) is 5.65. The molecule has 0 spiro atoms. The summed E-state index contributed by atoms with van der Waals surface area (Å²) in [5.41, 5.74) is 5.35. The third kappa shape index (κ3) is 5.88. The second-order valence-electron chi connectivity index (χ2n) is 10.5. The van der Waals surface area contributed by atoms with Crippen molar-refractivity contribution in [2.75, 3.05) is 46.9 Å². The number of ether oxygens (including phenoxy) is 1. The number of rotatable bonds is 9. The lowest BCUT2D eigenvalue weighted by Gasteiger charge is -2.37. The van der Waals surface area contributed by atoms with Crippen LogP contribution in [-0.4, -0.2) is 67.6 Å². The van der Waals surface area contributed by atoms with Crippen molar-refractivity contribution < 1.29 is 9.53 Å². The van der Waals surface area contributed by atoms with Crippen LogP contribution in [0.1, 0.15) is 29.5 Å². The molecule has 3 aromatic rings. The highest BCUT2D eigenvalue weighted by Crippen LogP contribution is 2.29. The minimum Gasteiger partial charge on any atom is -0.493 e. The van der Waals surface area contributed by atoms with Gasteiger partial charge in [-0.3, -0.25) is 9.69 Å². The third-order valence-electron chi connectivity index (χ3n) is 7.47. The van der Waals surface area contributed by atoms with Gasteiger partial charge >= 0.3 is 0 Å². The normalized spacial score (nSPS) is 20.3. The van der Waals surface area contributed by atoms with E-state index in [1.165, 1.54) is 34.9 Å². The Morgan fingerprint density at radius 1 is 1.14 bits per heavy atom. The van der Waals surface area contributed by atoms with E-state index >= 15 is 0 Å². The first-order valence-electron chi connectivity index (χ1n) is 13.0. The highest BCUT2D eigenvalue weighted by molar-refractivity contribution is 5.83. The summed E-state index contributed by atoms with van der Waals surface area (Å²) in [6, 6.07) is 15.0. The number of amides is 1. The van der Waals surface area contributed by atoms with Gasteiger partial charge in [-0.25, -0.2) is 0 Å². The molecule has 1 fully saturated rings. The number of hydrogen-bond acceptors (Lipinski definition) is 4. The van der Waals surface area contributed by atoms with Crippen LogP contribution in [0.15, 0.2) is 48.7 Å². The number of para-hydroxylation sites is 1. The topological polar surface area (TPSA) is 60.6 Å². The minimum absolute atomic E-state index is 0.0234. The van der Waals surface area contributed by atoms with Crippen LogP contribution in [-0.2, 0) is 24.2 Å². The van der Waals surface area contributed by atoms with E-state index in [2.05, 4.69) is 68.8 Å². The first kappa shape index (κ1) is 23.9. The number of aryl methyl sites for hydroxylation is 2. The minimum atomic E-state index is -0.0234. The van der Waals surface area contributed by atoms with Gasteiger partial charge in [0.25, 0.3) is 0 Å². The molecule has 0 unspecified atom stereocenters. The van der Waals surface area contributed by atoms with Crippen LogP contribution < -0.4 is 10.1 Å². The smallest absolute Gasteiger partial charge is 0.224 e. The van der Waals surface area contributed by atoms with E-state index in [4.69, 9.17) is 4.74 Å². The summed E-state index contributed by atoms with van der Waals surface area (Å²) in [4.78, 5) is 21.0. The molecular weight excluding hydrogens is 436 g/mol. The lowest BCUT2D eigenvalue weighted by molar-refractivity contribution is -0.127. The number of aromatic nitrogens is 1. The van der Waals surface area contributed by atoms with Gasteiger partial charge in [0.15, 0.2) is 0 Å². The van der Waals surface area contributed by atoms with E-state index < -0.39 is 0 Å². The number of piperidine rings is 1. The number of likely N-dealkylation sites (N-methyl/N-ethyl adjacent to an activating group) is 1. The van der Waals surface area contributed by atoms with E-state index in [0.29, 0.717) is 19.1 Å². The van der Waals surface area contributed by atoms with E-state index in [1.54, 1.807) is 0 Å². The molecule has 1 aliphatic carbocycles. The highest BCUT2D eigenvalue weighted by Gasteiger charge is 2.32. The summed E-state index contributed by atoms with van der Waals surface area (Å²) in [6.07, 6.45) is 6.56. The molecule has 0 saturated carbocycles. The summed E-state index contributed by atoms with van der Waals surface area (Å²) in [5, 5.41) is 4.42. The summed E-state index contributed by atoms with van der Waals surface area (Å²) >= 11 is 0. The molecule has 5 rings (SSSR count). The van der Waals surface area contributed by atoms with Crippen molar-refractivity contribution in [3.8, 4) is 5.75 Å². The Hall–Kier alpha value is -2.83. The van der Waals surface area contributed by atoms with Gasteiger partial charge in [0, 0.05) is 55.7 Å². The summed E-state index contributed by atoms with van der Waals surface area (Å²) in [7, 11) is 4.06. The number of H-pyrrole nitrogens is 1. The predicted octanol–water partition coefficient (Wildman–Crippen LogP) is 3.85. The molecule has 1 aromatic heterocycles. The van der Waals surface area contributed by atoms with Gasteiger partial charge in [-0.2, -0.15) is 0 Å². The molecule has 6 nitrogen and oxygen atoms in total. The SMILES string of the molecule is CN(C)CCNC(=O)[C@@H]1C[C@H](COc2ccc3c(c2)CCC3)CN(Cc2c[nH]c3ccccc23)C1. The lowest BCUT2D eigenvalue weighted by atomic mass is 9.88.